The third-order valence-electron chi connectivity index (χ3n) is 7.91. The van der Waals surface area contributed by atoms with E-state index in [4.69, 9.17) is 9.47 Å². The minimum Gasteiger partial charge on any atom is -0.377 e. The van der Waals surface area contributed by atoms with Crippen LogP contribution in [0.25, 0.3) is 0 Å². The molecule has 11 heteroatoms. The van der Waals surface area contributed by atoms with Crippen molar-refractivity contribution in [2.75, 3.05) is 52.4 Å². The average Bonchev–Trinajstić information content (AvgIpc) is 3.72. The van der Waals surface area contributed by atoms with Gasteiger partial charge in [0.2, 0.25) is 5.91 Å². The maximum Gasteiger partial charge on any atom is 0.315 e. The highest BCUT2D eigenvalue weighted by Crippen LogP contribution is 2.31. The highest BCUT2D eigenvalue weighted by atomic mass is 16.5. The monoisotopic (exact) mass is 543 g/mol. The number of hydrogen-bond acceptors (Lipinski definition) is 7. The van der Waals surface area contributed by atoms with E-state index in [0.717, 1.165) is 77.9 Å². The van der Waals surface area contributed by atoms with Crippen LogP contribution in [0, 0.1) is 17.8 Å². The number of urea groups is 1. The molecule has 1 aromatic rings. The SMILES string of the molecule is CCCNC(=O)NCC#Cc1cn([C@H](C)C[C@@H]2CC[C@H]([C@@H](C)C(=O)N3CCN(CC4CCCO4)CC3)O2)nn1. The topological polar surface area (TPSA) is 114 Å². The van der Waals surface area contributed by atoms with Crippen LogP contribution in [-0.2, 0) is 14.3 Å². The summed E-state index contributed by atoms with van der Waals surface area (Å²) in [6.07, 6.45) is 8.08. The van der Waals surface area contributed by atoms with Crippen LogP contribution in [0.4, 0.5) is 4.79 Å². The summed E-state index contributed by atoms with van der Waals surface area (Å²) in [7, 11) is 0. The molecule has 216 valence electrons. The first-order valence-electron chi connectivity index (χ1n) is 14.6. The Kier molecular flexibility index (Phi) is 11.0. The van der Waals surface area contributed by atoms with Crippen molar-refractivity contribution in [1.29, 1.82) is 0 Å². The third-order valence-corrected chi connectivity index (χ3v) is 7.91. The van der Waals surface area contributed by atoms with Crippen molar-refractivity contribution in [1.82, 2.24) is 35.4 Å². The van der Waals surface area contributed by atoms with Gasteiger partial charge in [0.05, 0.1) is 43.0 Å². The molecular weight excluding hydrogens is 498 g/mol. The number of nitrogens with one attached hydrogen (secondary N) is 2. The first-order chi connectivity index (χ1) is 18.9. The van der Waals surface area contributed by atoms with Crippen LogP contribution < -0.4 is 10.6 Å². The molecule has 4 rings (SSSR count). The molecule has 3 aliphatic rings. The number of amides is 3. The van der Waals surface area contributed by atoms with Crippen LogP contribution in [0.2, 0.25) is 0 Å². The van der Waals surface area contributed by atoms with Crippen molar-refractivity contribution in [3.8, 4) is 11.8 Å². The van der Waals surface area contributed by atoms with Crippen LogP contribution in [0.15, 0.2) is 6.20 Å². The van der Waals surface area contributed by atoms with Gasteiger partial charge in [0.15, 0.2) is 5.69 Å². The summed E-state index contributed by atoms with van der Waals surface area (Å²) in [6, 6.07) is -0.125. The van der Waals surface area contributed by atoms with E-state index in [-0.39, 0.29) is 42.7 Å². The second kappa shape index (κ2) is 14.6. The molecule has 39 heavy (non-hydrogen) atoms. The van der Waals surface area contributed by atoms with Crippen molar-refractivity contribution in [3.63, 3.8) is 0 Å². The Labute approximate surface area is 232 Å². The molecule has 0 bridgehead atoms. The Balaban J connectivity index is 1.16. The van der Waals surface area contributed by atoms with E-state index >= 15 is 0 Å². The number of piperazine rings is 1. The van der Waals surface area contributed by atoms with Crippen molar-refractivity contribution >= 4 is 11.9 Å². The number of aromatic nitrogens is 3. The number of carbonyl (C=O) groups excluding carboxylic acids is 2. The first-order valence-corrected chi connectivity index (χ1v) is 14.6. The van der Waals surface area contributed by atoms with Crippen molar-refractivity contribution in [2.45, 2.75) is 83.6 Å². The summed E-state index contributed by atoms with van der Waals surface area (Å²) in [6.45, 7) is 12.3. The van der Waals surface area contributed by atoms with Gasteiger partial charge in [-0.05, 0) is 51.4 Å². The predicted octanol–water partition coefficient (Wildman–Crippen LogP) is 1.80. The molecule has 0 radical (unpaired) electrons. The van der Waals surface area contributed by atoms with Gasteiger partial charge in [0.1, 0.15) is 0 Å². The minimum absolute atomic E-state index is 0.0428. The summed E-state index contributed by atoms with van der Waals surface area (Å²) in [5, 5.41) is 13.8. The van der Waals surface area contributed by atoms with E-state index in [9.17, 15) is 9.59 Å². The van der Waals surface area contributed by atoms with Gasteiger partial charge in [0, 0.05) is 45.9 Å². The van der Waals surface area contributed by atoms with Crippen LogP contribution in [0.1, 0.15) is 71.0 Å². The Morgan fingerprint density at radius 1 is 1.13 bits per heavy atom. The van der Waals surface area contributed by atoms with Gasteiger partial charge in [-0.15, -0.1) is 5.10 Å². The van der Waals surface area contributed by atoms with Crippen molar-refractivity contribution in [3.05, 3.63) is 11.9 Å². The summed E-state index contributed by atoms with van der Waals surface area (Å²) in [5.74, 6) is 5.92. The van der Waals surface area contributed by atoms with Crippen LogP contribution in [0.5, 0.6) is 0 Å². The lowest BCUT2D eigenvalue weighted by molar-refractivity contribution is -0.142. The Morgan fingerprint density at radius 3 is 2.69 bits per heavy atom. The van der Waals surface area contributed by atoms with Gasteiger partial charge in [-0.1, -0.05) is 25.0 Å². The molecule has 1 aromatic heterocycles. The maximum atomic E-state index is 13.2. The molecule has 5 atom stereocenters. The van der Waals surface area contributed by atoms with E-state index in [0.29, 0.717) is 18.3 Å². The molecule has 3 fully saturated rings. The number of carbonyl (C=O) groups is 2. The molecule has 3 aliphatic heterocycles. The molecule has 0 aliphatic carbocycles. The largest absolute Gasteiger partial charge is 0.377 e. The first kappa shape index (κ1) is 29.3. The molecule has 0 spiro atoms. The second-order valence-corrected chi connectivity index (χ2v) is 11.0. The molecule has 11 nitrogen and oxygen atoms in total. The van der Waals surface area contributed by atoms with Crippen molar-refractivity contribution < 1.29 is 19.1 Å². The maximum absolute atomic E-state index is 13.2. The molecule has 0 saturated carbocycles. The average molecular weight is 544 g/mol. The van der Waals surface area contributed by atoms with Gasteiger partial charge in [-0.25, -0.2) is 9.48 Å². The summed E-state index contributed by atoms with van der Waals surface area (Å²) < 4.78 is 13.9. The van der Waals surface area contributed by atoms with Gasteiger partial charge >= 0.3 is 6.03 Å². The highest BCUT2D eigenvalue weighted by Gasteiger charge is 2.36. The Morgan fingerprint density at radius 2 is 1.95 bits per heavy atom. The number of hydrogen-bond donors (Lipinski definition) is 2. The van der Waals surface area contributed by atoms with Gasteiger partial charge < -0.3 is 25.0 Å². The number of ether oxygens (including phenoxy) is 2. The fourth-order valence-corrected chi connectivity index (χ4v) is 5.55. The lowest BCUT2D eigenvalue weighted by Crippen LogP contribution is -2.52. The number of rotatable bonds is 10. The van der Waals surface area contributed by atoms with E-state index in [1.54, 1.807) is 0 Å². The molecule has 0 aromatic carbocycles. The molecule has 2 N–H and O–H groups in total. The molecule has 3 saturated heterocycles. The fraction of sp³-hybridized carbons (Fsp3) is 0.786. The van der Waals surface area contributed by atoms with Crippen molar-refractivity contribution in [2.24, 2.45) is 5.92 Å². The standard InChI is InChI=1S/C28H45N7O4/c1-4-11-29-28(37)30-12-5-7-23-19-35(32-31-23)21(2)18-24-9-10-26(39-24)22(3)27(36)34-15-13-33(14-16-34)20-25-8-6-17-38-25/h19,21-22,24-26H,4,6,8-18,20H2,1-3H3,(H2,29,30,37)/t21-,22-,24+,25?,26-/m1/s1. The molecular formula is C28H45N7O4. The van der Waals surface area contributed by atoms with Gasteiger partial charge in [-0.3, -0.25) is 9.69 Å². The highest BCUT2D eigenvalue weighted by molar-refractivity contribution is 5.79. The van der Waals surface area contributed by atoms with Crippen LogP contribution >= 0.6 is 0 Å². The van der Waals surface area contributed by atoms with E-state index in [1.807, 2.05) is 29.6 Å². The summed E-state index contributed by atoms with van der Waals surface area (Å²) in [5.41, 5.74) is 0.568. The Hall–Kier alpha value is -2.68. The Bertz CT molecular complexity index is 992. The van der Waals surface area contributed by atoms with Crippen LogP contribution in [-0.4, -0.2) is 107 Å². The molecule has 1 unspecified atom stereocenters. The lowest BCUT2D eigenvalue weighted by Gasteiger charge is -2.37. The quantitative estimate of drug-likeness (QED) is 0.433. The number of nitrogens with zero attached hydrogens (tertiary/aromatic N) is 5. The zero-order valence-corrected chi connectivity index (χ0v) is 23.7. The van der Waals surface area contributed by atoms with E-state index in [2.05, 4.69) is 44.6 Å². The summed E-state index contributed by atoms with van der Waals surface area (Å²) in [4.78, 5) is 29.2. The zero-order valence-electron chi connectivity index (χ0n) is 23.7. The summed E-state index contributed by atoms with van der Waals surface area (Å²) >= 11 is 0. The predicted molar refractivity (Wildman–Crippen MR) is 147 cm³/mol. The molecule has 4 heterocycles. The van der Waals surface area contributed by atoms with E-state index in [1.165, 1.54) is 0 Å². The second-order valence-electron chi connectivity index (χ2n) is 11.0. The van der Waals surface area contributed by atoms with Gasteiger partial charge in [0.25, 0.3) is 0 Å². The van der Waals surface area contributed by atoms with Crippen LogP contribution in [0.3, 0.4) is 0 Å². The normalized spacial score (nSPS) is 25.1. The smallest absolute Gasteiger partial charge is 0.315 e. The van der Waals surface area contributed by atoms with E-state index < -0.39 is 0 Å². The minimum atomic E-state index is -0.220. The zero-order chi connectivity index (χ0) is 27.6. The lowest BCUT2D eigenvalue weighted by atomic mass is 9.99. The fourth-order valence-electron chi connectivity index (χ4n) is 5.55. The third kappa shape index (κ3) is 8.65. The molecule has 3 amide bonds. The van der Waals surface area contributed by atoms with Gasteiger partial charge in [-0.2, -0.15) is 0 Å².